The van der Waals surface area contributed by atoms with Gasteiger partial charge in [0.1, 0.15) is 5.00 Å². The Morgan fingerprint density at radius 2 is 2.04 bits per heavy atom. The molecule has 1 N–H and O–H groups in total. The van der Waals surface area contributed by atoms with Gasteiger partial charge in [-0.25, -0.2) is 4.79 Å². The van der Waals surface area contributed by atoms with Gasteiger partial charge in [0.15, 0.2) is 5.11 Å². The SMILES string of the molecule is CCc1c(C)sc(NC(=S)N2C[C@H](C)O[C@@H](C)C2)c1C(=O)OC. The summed E-state index contributed by atoms with van der Waals surface area (Å²) in [6.07, 6.45) is 1.05. The van der Waals surface area contributed by atoms with Crippen molar-refractivity contribution in [2.45, 2.75) is 46.3 Å². The largest absolute Gasteiger partial charge is 0.465 e. The molecule has 128 valence electrons. The number of aryl methyl sites for hydroxylation is 1. The number of nitrogens with zero attached hydrogens (tertiary/aromatic N) is 1. The number of rotatable bonds is 3. The summed E-state index contributed by atoms with van der Waals surface area (Å²) in [7, 11) is 1.40. The molecule has 7 heteroatoms. The van der Waals surface area contributed by atoms with Crippen molar-refractivity contribution in [3.63, 3.8) is 0 Å². The average molecular weight is 357 g/mol. The van der Waals surface area contributed by atoms with E-state index in [0.29, 0.717) is 10.7 Å². The van der Waals surface area contributed by atoms with Crippen LogP contribution in [0.25, 0.3) is 0 Å². The average Bonchev–Trinajstić information content (AvgIpc) is 2.80. The van der Waals surface area contributed by atoms with Gasteiger partial charge in [0, 0.05) is 18.0 Å². The number of thiophene rings is 1. The third-order valence-corrected chi connectivity index (χ3v) is 5.30. The van der Waals surface area contributed by atoms with E-state index in [1.165, 1.54) is 7.11 Å². The van der Waals surface area contributed by atoms with E-state index in [9.17, 15) is 4.79 Å². The van der Waals surface area contributed by atoms with Gasteiger partial charge in [-0.2, -0.15) is 0 Å². The highest BCUT2D eigenvalue weighted by Gasteiger charge is 2.27. The summed E-state index contributed by atoms with van der Waals surface area (Å²) in [5.41, 5.74) is 1.63. The number of anilines is 1. The molecule has 23 heavy (non-hydrogen) atoms. The molecule has 0 spiro atoms. The number of thiocarbonyl (C=S) groups is 1. The molecule has 0 saturated carbocycles. The quantitative estimate of drug-likeness (QED) is 0.663. The number of hydrogen-bond donors (Lipinski definition) is 1. The number of methoxy groups -OCH3 is 1. The predicted molar refractivity (Wildman–Crippen MR) is 97.6 cm³/mol. The number of carbonyl (C=O) groups is 1. The summed E-state index contributed by atoms with van der Waals surface area (Å²) in [5, 5.41) is 4.64. The van der Waals surface area contributed by atoms with Crippen LogP contribution in [0.15, 0.2) is 0 Å². The van der Waals surface area contributed by atoms with Crippen LogP contribution in [-0.2, 0) is 15.9 Å². The molecule has 1 aromatic rings. The minimum Gasteiger partial charge on any atom is -0.465 e. The zero-order valence-electron chi connectivity index (χ0n) is 14.3. The minimum atomic E-state index is -0.319. The summed E-state index contributed by atoms with van der Waals surface area (Å²) in [5.74, 6) is -0.319. The van der Waals surface area contributed by atoms with Crippen molar-refractivity contribution >= 4 is 39.6 Å². The molecule has 1 saturated heterocycles. The van der Waals surface area contributed by atoms with E-state index in [0.717, 1.165) is 35.0 Å². The van der Waals surface area contributed by atoms with Crippen molar-refractivity contribution < 1.29 is 14.3 Å². The van der Waals surface area contributed by atoms with E-state index in [-0.39, 0.29) is 18.2 Å². The van der Waals surface area contributed by atoms with Crippen molar-refractivity contribution in [2.75, 3.05) is 25.5 Å². The van der Waals surface area contributed by atoms with Gasteiger partial charge in [0.05, 0.1) is 24.9 Å². The third-order valence-electron chi connectivity index (χ3n) is 3.88. The van der Waals surface area contributed by atoms with E-state index in [2.05, 4.69) is 10.2 Å². The molecule has 1 aliphatic heterocycles. The first kappa shape index (κ1) is 18.2. The highest BCUT2D eigenvalue weighted by atomic mass is 32.1. The number of hydrogen-bond acceptors (Lipinski definition) is 5. The molecule has 2 rings (SSSR count). The fraction of sp³-hybridized carbons (Fsp3) is 0.625. The summed E-state index contributed by atoms with van der Waals surface area (Å²) < 4.78 is 10.7. The molecule has 0 aliphatic carbocycles. The lowest BCUT2D eigenvalue weighted by molar-refractivity contribution is -0.0473. The van der Waals surface area contributed by atoms with Crippen LogP contribution in [-0.4, -0.2) is 48.4 Å². The Labute approximate surface area is 147 Å². The fourth-order valence-corrected chi connectivity index (χ4v) is 4.38. The maximum atomic E-state index is 12.2. The second-order valence-corrected chi connectivity index (χ2v) is 7.39. The normalized spacial score (nSPS) is 21.2. The van der Waals surface area contributed by atoms with Crippen molar-refractivity contribution in [1.29, 1.82) is 0 Å². The topological polar surface area (TPSA) is 50.8 Å². The van der Waals surface area contributed by atoms with E-state index in [1.807, 2.05) is 27.7 Å². The second kappa shape index (κ2) is 7.59. The van der Waals surface area contributed by atoms with Gasteiger partial charge in [0.2, 0.25) is 0 Å². The molecule has 0 aromatic carbocycles. The van der Waals surface area contributed by atoms with Crippen LogP contribution in [0.1, 0.15) is 41.6 Å². The Morgan fingerprint density at radius 3 is 2.57 bits per heavy atom. The van der Waals surface area contributed by atoms with Gasteiger partial charge in [-0.15, -0.1) is 11.3 Å². The Bertz CT molecular complexity index is 590. The van der Waals surface area contributed by atoms with Crippen LogP contribution in [0, 0.1) is 6.92 Å². The highest BCUT2D eigenvalue weighted by molar-refractivity contribution is 7.80. The van der Waals surface area contributed by atoms with Gasteiger partial charge in [-0.05, 0) is 45.0 Å². The fourth-order valence-electron chi connectivity index (χ4n) is 2.93. The molecule has 2 atom stereocenters. The van der Waals surface area contributed by atoms with Gasteiger partial charge < -0.3 is 19.7 Å². The lowest BCUT2D eigenvalue weighted by Gasteiger charge is -2.36. The van der Waals surface area contributed by atoms with Crippen LogP contribution in [0.5, 0.6) is 0 Å². The molecule has 1 aromatic heterocycles. The standard InChI is InChI=1S/C16H24N2O3S2/c1-6-12-11(4)23-14(13(12)15(19)20-5)17-16(22)18-7-9(2)21-10(3)8-18/h9-10H,6-8H2,1-5H3,(H,17,22)/t9-,10-/m0/s1. The zero-order valence-corrected chi connectivity index (χ0v) is 15.9. The number of ether oxygens (including phenoxy) is 2. The number of nitrogens with one attached hydrogen (secondary N) is 1. The Hall–Kier alpha value is -1.18. The second-order valence-electron chi connectivity index (χ2n) is 5.78. The Balaban J connectivity index is 2.22. The highest BCUT2D eigenvalue weighted by Crippen LogP contribution is 2.34. The van der Waals surface area contributed by atoms with E-state index in [1.54, 1.807) is 11.3 Å². The van der Waals surface area contributed by atoms with Gasteiger partial charge >= 0.3 is 5.97 Å². The summed E-state index contributed by atoms with van der Waals surface area (Å²) in [6, 6.07) is 0. The summed E-state index contributed by atoms with van der Waals surface area (Å²) in [6.45, 7) is 9.62. The maximum absolute atomic E-state index is 12.2. The maximum Gasteiger partial charge on any atom is 0.341 e. The van der Waals surface area contributed by atoms with Gasteiger partial charge in [0.25, 0.3) is 0 Å². The first-order chi connectivity index (χ1) is 10.9. The summed E-state index contributed by atoms with van der Waals surface area (Å²) >= 11 is 7.09. The molecule has 0 unspecified atom stereocenters. The van der Waals surface area contributed by atoms with Crippen LogP contribution in [0.3, 0.4) is 0 Å². The Morgan fingerprint density at radius 1 is 1.43 bits per heavy atom. The van der Waals surface area contributed by atoms with Crippen LogP contribution in [0.4, 0.5) is 5.00 Å². The monoisotopic (exact) mass is 356 g/mol. The van der Waals surface area contributed by atoms with Crippen LogP contribution < -0.4 is 5.32 Å². The van der Waals surface area contributed by atoms with Gasteiger partial charge in [-0.1, -0.05) is 6.92 Å². The van der Waals surface area contributed by atoms with Gasteiger partial charge in [-0.3, -0.25) is 0 Å². The molecule has 0 amide bonds. The molecular weight excluding hydrogens is 332 g/mol. The predicted octanol–water partition coefficient (Wildman–Crippen LogP) is 3.21. The van der Waals surface area contributed by atoms with Crippen molar-refractivity contribution in [2.24, 2.45) is 0 Å². The molecule has 5 nitrogen and oxygen atoms in total. The molecule has 0 radical (unpaired) electrons. The molecular formula is C16H24N2O3S2. The molecule has 2 heterocycles. The zero-order chi connectivity index (χ0) is 17.1. The Kier molecular flexibility index (Phi) is 6.00. The van der Waals surface area contributed by atoms with E-state index in [4.69, 9.17) is 21.7 Å². The molecule has 0 bridgehead atoms. The van der Waals surface area contributed by atoms with Crippen molar-refractivity contribution in [3.05, 3.63) is 16.0 Å². The lowest BCUT2D eigenvalue weighted by Crippen LogP contribution is -2.49. The number of morpholine rings is 1. The molecule has 1 fully saturated rings. The molecule has 1 aliphatic rings. The van der Waals surface area contributed by atoms with Crippen LogP contribution in [0.2, 0.25) is 0 Å². The lowest BCUT2D eigenvalue weighted by atomic mass is 10.1. The van der Waals surface area contributed by atoms with Crippen LogP contribution >= 0.6 is 23.6 Å². The third kappa shape index (κ3) is 4.02. The van der Waals surface area contributed by atoms with Crippen molar-refractivity contribution in [1.82, 2.24) is 4.90 Å². The minimum absolute atomic E-state index is 0.134. The van der Waals surface area contributed by atoms with Crippen molar-refractivity contribution in [3.8, 4) is 0 Å². The van der Waals surface area contributed by atoms with E-state index < -0.39 is 0 Å². The first-order valence-electron chi connectivity index (χ1n) is 7.79. The number of esters is 1. The number of carbonyl (C=O) groups excluding carboxylic acids is 1. The smallest absolute Gasteiger partial charge is 0.341 e. The van der Waals surface area contributed by atoms with E-state index >= 15 is 0 Å². The summed E-state index contributed by atoms with van der Waals surface area (Å²) in [4.78, 5) is 15.4. The first-order valence-corrected chi connectivity index (χ1v) is 9.01.